The Morgan fingerprint density at radius 3 is 2.72 bits per heavy atom. The number of hydrogen-bond acceptors (Lipinski definition) is 7. The summed E-state index contributed by atoms with van der Waals surface area (Å²) in [5, 5.41) is 16.1. The molecule has 126 valence electrons. The lowest BCUT2D eigenvalue weighted by molar-refractivity contribution is 0.0965. The molecule has 0 aliphatic carbocycles. The minimum Gasteiger partial charge on any atom is -0.348 e. The predicted molar refractivity (Wildman–Crippen MR) is 87.1 cm³/mol. The number of aromatic nitrogens is 5. The second-order valence-electron chi connectivity index (χ2n) is 5.62. The first-order valence-corrected chi connectivity index (χ1v) is 9.19. The molecular formula is C15H12N6O3S. The van der Waals surface area contributed by atoms with Crippen LogP contribution in [0.5, 0.6) is 0 Å². The Hall–Kier alpha value is -3.14. The van der Waals surface area contributed by atoms with Gasteiger partial charge in [0, 0.05) is 24.6 Å². The van der Waals surface area contributed by atoms with Gasteiger partial charge in [-0.3, -0.25) is 4.79 Å². The first-order valence-electron chi connectivity index (χ1n) is 7.30. The molecule has 1 aromatic carbocycles. The van der Waals surface area contributed by atoms with E-state index in [1.54, 1.807) is 18.2 Å². The number of pyridine rings is 1. The van der Waals surface area contributed by atoms with Crippen LogP contribution in [0, 0.1) is 0 Å². The molecule has 0 fully saturated rings. The van der Waals surface area contributed by atoms with Gasteiger partial charge in [0.2, 0.25) is 0 Å². The first kappa shape index (κ1) is 15.4. The third-order valence-electron chi connectivity index (χ3n) is 3.95. The van der Waals surface area contributed by atoms with Crippen LogP contribution in [-0.2, 0) is 16.4 Å². The average Bonchev–Trinajstić information content (AvgIpc) is 3.23. The monoisotopic (exact) mass is 356 g/mol. The highest BCUT2D eigenvalue weighted by molar-refractivity contribution is 7.90. The Morgan fingerprint density at radius 2 is 2.00 bits per heavy atom. The summed E-state index contributed by atoms with van der Waals surface area (Å²) in [4.78, 5) is 15.7. The van der Waals surface area contributed by atoms with Crippen molar-refractivity contribution in [3.05, 3.63) is 41.6 Å². The summed E-state index contributed by atoms with van der Waals surface area (Å²) in [5.74, 6) is 0.0889. The zero-order valence-corrected chi connectivity index (χ0v) is 13.8. The van der Waals surface area contributed by atoms with Crippen molar-refractivity contribution in [3.63, 3.8) is 0 Å². The number of aromatic amines is 1. The van der Waals surface area contributed by atoms with Gasteiger partial charge in [-0.15, -0.1) is 5.10 Å². The molecule has 4 rings (SSSR count). The summed E-state index contributed by atoms with van der Waals surface area (Å²) in [6.07, 6.45) is 2.51. The molecule has 1 aliphatic rings. The number of carbonyl (C=O) groups excluding carboxylic acids is 1. The van der Waals surface area contributed by atoms with Gasteiger partial charge >= 0.3 is 0 Å². The summed E-state index contributed by atoms with van der Waals surface area (Å²) >= 11 is 0. The van der Waals surface area contributed by atoms with Gasteiger partial charge in [-0.2, -0.15) is 0 Å². The fraction of sp³-hybridized carbons (Fsp3) is 0.133. The number of carbonyl (C=O) groups is 1. The van der Waals surface area contributed by atoms with Crippen LogP contribution in [0.25, 0.3) is 22.5 Å². The Kier molecular flexibility index (Phi) is 3.35. The number of rotatable bonds is 3. The minimum absolute atomic E-state index is 0.113. The van der Waals surface area contributed by atoms with Gasteiger partial charge in [0.25, 0.3) is 5.91 Å². The van der Waals surface area contributed by atoms with Crippen molar-refractivity contribution in [1.82, 2.24) is 30.9 Å². The number of nitrogens with one attached hydrogen (secondary N) is 2. The normalized spacial score (nSPS) is 13.6. The average molecular weight is 356 g/mol. The van der Waals surface area contributed by atoms with Gasteiger partial charge in [-0.1, -0.05) is 6.07 Å². The molecule has 2 N–H and O–H groups in total. The molecule has 0 spiro atoms. The zero-order valence-electron chi connectivity index (χ0n) is 13.0. The summed E-state index contributed by atoms with van der Waals surface area (Å²) in [6.45, 7) is 0.436. The molecule has 3 heterocycles. The van der Waals surface area contributed by atoms with E-state index in [4.69, 9.17) is 0 Å². The van der Waals surface area contributed by atoms with Gasteiger partial charge in [0.1, 0.15) is 0 Å². The van der Waals surface area contributed by atoms with Crippen LogP contribution < -0.4 is 5.32 Å². The second-order valence-corrected chi connectivity index (χ2v) is 7.55. The molecular weight excluding hydrogens is 344 g/mol. The Morgan fingerprint density at radius 1 is 1.16 bits per heavy atom. The Balaban J connectivity index is 1.99. The highest BCUT2D eigenvalue weighted by atomic mass is 32.2. The van der Waals surface area contributed by atoms with Crippen molar-refractivity contribution >= 4 is 15.7 Å². The summed E-state index contributed by atoms with van der Waals surface area (Å²) < 4.78 is 24.3. The smallest absolute Gasteiger partial charge is 0.251 e. The lowest BCUT2D eigenvalue weighted by Crippen LogP contribution is -2.12. The Labute approximate surface area is 142 Å². The number of nitrogens with zero attached hydrogens (tertiary/aromatic N) is 4. The van der Waals surface area contributed by atoms with E-state index in [0.29, 0.717) is 23.2 Å². The fourth-order valence-corrected chi connectivity index (χ4v) is 3.69. The van der Waals surface area contributed by atoms with Crippen LogP contribution in [0.2, 0.25) is 0 Å². The number of H-pyrrole nitrogens is 1. The number of amides is 1. The van der Waals surface area contributed by atoms with Gasteiger partial charge in [0.05, 0.1) is 5.56 Å². The maximum atomic E-state index is 12.2. The molecule has 9 nitrogen and oxygen atoms in total. The van der Waals surface area contributed by atoms with Crippen molar-refractivity contribution in [1.29, 1.82) is 0 Å². The molecule has 1 aliphatic heterocycles. The topological polar surface area (TPSA) is 131 Å². The van der Waals surface area contributed by atoms with Crippen molar-refractivity contribution in [2.24, 2.45) is 0 Å². The SMILES string of the molecule is CS(=O)(=O)c1nccc(-c2ccc3c(c2)CNC3=O)c1-c1nnn[nH]1. The fourth-order valence-electron chi connectivity index (χ4n) is 2.86. The standard InChI is InChI=1S/C15H12N6O3S/c1-25(23,24)15-12(13-18-20-21-19-13)10(4-5-16-15)8-2-3-11-9(6-8)7-17-14(11)22/h2-6H,7H2,1H3,(H,17,22)(H,18,19,20,21). The maximum absolute atomic E-state index is 12.2. The quantitative estimate of drug-likeness (QED) is 0.701. The zero-order chi connectivity index (χ0) is 17.6. The van der Waals surface area contributed by atoms with Crippen molar-refractivity contribution < 1.29 is 13.2 Å². The molecule has 10 heteroatoms. The van der Waals surface area contributed by atoms with Crippen LogP contribution in [0.15, 0.2) is 35.5 Å². The van der Waals surface area contributed by atoms with Crippen LogP contribution >= 0.6 is 0 Å². The Bertz CT molecular complexity index is 1090. The first-order chi connectivity index (χ1) is 11.9. The van der Waals surface area contributed by atoms with Crippen molar-refractivity contribution in [3.8, 4) is 22.5 Å². The van der Waals surface area contributed by atoms with E-state index in [1.165, 1.54) is 6.20 Å². The van der Waals surface area contributed by atoms with Crippen LogP contribution in [0.3, 0.4) is 0 Å². The molecule has 0 atom stereocenters. The van der Waals surface area contributed by atoms with E-state index in [0.717, 1.165) is 17.4 Å². The van der Waals surface area contributed by atoms with Gasteiger partial charge in [0.15, 0.2) is 20.7 Å². The molecule has 0 unspecified atom stereocenters. The number of fused-ring (bicyclic) bond motifs is 1. The van der Waals surface area contributed by atoms with E-state index in [1.807, 2.05) is 6.07 Å². The molecule has 25 heavy (non-hydrogen) atoms. The number of tetrazole rings is 1. The number of hydrogen-bond donors (Lipinski definition) is 2. The summed E-state index contributed by atoms with van der Waals surface area (Å²) in [5.41, 5.74) is 3.11. The third-order valence-corrected chi connectivity index (χ3v) is 4.96. The summed E-state index contributed by atoms with van der Waals surface area (Å²) in [7, 11) is -3.60. The number of sulfone groups is 1. The second kappa shape index (κ2) is 5.45. The lowest BCUT2D eigenvalue weighted by Gasteiger charge is -2.11. The maximum Gasteiger partial charge on any atom is 0.251 e. The molecule has 2 aromatic heterocycles. The van der Waals surface area contributed by atoms with E-state index in [-0.39, 0.29) is 16.8 Å². The molecule has 0 radical (unpaired) electrons. The minimum atomic E-state index is -3.60. The molecule has 3 aromatic rings. The van der Waals surface area contributed by atoms with Gasteiger partial charge < -0.3 is 5.32 Å². The van der Waals surface area contributed by atoms with E-state index in [2.05, 4.69) is 30.9 Å². The molecule has 0 saturated carbocycles. The van der Waals surface area contributed by atoms with Crippen LogP contribution in [0.4, 0.5) is 0 Å². The molecule has 1 amide bonds. The van der Waals surface area contributed by atoms with Crippen LogP contribution in [0.1, 0.15) is 15.9 Å². The van der Waals surface area contributed by atoms with Gasteiger partial charge in [-0.05, 0) is 45.3 Å². The van der Waals surface area contributed by atoms with Crippen molar-refractivity contribution in [2.75, 3.05) is 6.26 Å². The highest BCUT2D eigenvalue weighted by Crippen LogP contribution is 2.35. The van der Waals surface area contributed by atoms with E-state index < -0.39 is 9.84 Å². The molecule has 0 saturated heterocycles. The molecule has 0 bridgehead atoms. The van der Waals surface area contributed by atoms with Crippen molar-refractivity contribution in [2.45, 2.75) is 11.6 Å². The summed E-state index contributed by atoms with van der Waals surface area (Å²) in [6, 6.07) is 7.02. The van der Waals surface area contributed by atoms with Crippen LogP contribution in [-0.4, -0.2) is 46.2 Å². The highest BCUT2D eigenvalue weighted by Gasteiger charge is 2.25. The predicted octanol–water partition coefficient (Wildman–Crippen LogP) is 0.576. The lowest BCUT2D eigenvalue weighted by atomic mass is 9.97. The third kappa shape index (κ3) is 2.56. The van der Waals surface area contributed by atoms with E-state index >= 15 is 0 Å². The largest absolute Gasteiger partial charge is 0.348 e. The number of benzene rings is 1. The van der Waals surface area contributed by atoms with Gasteiger partial charge in [-0.25, -0.2) is 18.5 Å². The van der Waals surface area contributed by atoms with E-state index in [9.17, 15) is 13.2 Å².